The molecule has 5 aromatic rings. The van der Waals surface area contributed by atoms with Crippen molar-refractivity contribution in [3.05, 3.63) is 157 Å². The van der Waals surface area contributed by atoms with Crippen LogP contribution in [0.2, 0.25) is 0 Å². The summed E-state index contributed by atoms with van der Waals surface area (Å²) in [4.78, 5) is 60.1. The van der Waals surface area contributed by atoms with Crippen LogP contribution in [0.15, 0.2) is 118 Å². The first-order valence-corrected chi connectivity index (χ1v) is 18.8. The third-order valence-electron chi connectivity index (χ3n) is 9.57. The first kappa shape index (κ1) is 40.4. The van der Waals surface area contributed by atoms with Crippen molar-refractivity contribution in [1.29, 1.82) is 0 Å². The van der Waals surface area contributed by atoms with Gasteiger partial charge in [-0.1, -0.05) is 65.7 Å². The van der Waals surface area contributed by atoms with Gasteiger partial charge in [0.15, 0.2) is 11.6 Å². The number of carbonyl (C=O) groups excluding carboxylic acids is 2. The van der Waals surface area contributed by atoms with Crippen LogP contribution in [0.1, 0.15) is 65.1 Å². The van der Waals surface area contributed by atoms with Crippen LogP contribution in [-0.2, 0) is 13.1 Å². The molecule has 7 rings (SSSR count). The Morgan fingerprint density at radius 1 is 0.724 bits per heavy atom. The zero-order valence-electron chi connectivity index (χ0n) is 33.4. The Bertz CT molecular complexity index is 2820. The average molecular weight is 777 g/mol. The van der Waals surface area contributed by atoms with E-state index < -0.39 is 5.56 Å². The minimum absolute atomic E-state index is 0.0424. The topological polar surface area (TPSA) is 166 Å². The summed E-state index contributed by atoms with van der Waals surface area (Å²) in [5.41, 5.74) is 7.40. The van der Waals surface area contributed by atoms with Crippen molar-refractivity contribution in [2.75, 3.05) is 5.32 Å². The van der Waals surface area contributed by atoms with Crippen molar-refractivity contribution in [2.24, 2.45) is 4.99 Å². The van der Waals surface area contributed by atoms with Gasteiger partial charge in [-0.25, -0.2) is 14.4 Å². The van der Waals surface area contributed by atoms with Crippen molar-refractivity contribution < 1.29 is 14.8 Å². The number of benzene rings is 3. The van der Waals surface area contributed by atoms with Crippen molar-refractivity contribution in [3.8, 4) is 33.8 Å². The van der Waals surface area contributed by atoms with Gasteiger partial charge < -0.3 is 10.5 Å². The number of nitrogens with zero attached hydrogens (tertiary/aromatic N) is 7. The molecular formula is C45H44N8O5. The van der Waals surface area contributed by atoms with Crippen LogP contribution in [-0.4, -0.2) is 46.0 Å². The maximum atomic E-state index is 13.2. The monoisotopic (exact) mass is 776 g/mol. The van der Waals surface area contributed by atoms with Crippen LogP contribution < -0.4 is 21.8 Å². The number of aryl methyl sites for hydroxylation is 5. The number of ketones is 2. The lowest BCUT2D eigenvalue weighted by molar-refractivity contribution is 0.101. The molecule has 0 bridgehead atoms. The molecule has 0 saturated heterocycles. The van der Waals surface area contributed by atoms with E-state index in [9.17, 15) is 24.4 Å². The van der Waals surface area contributed by atoms with Gasteiger partial charge in [0.1, 0.15) is 22.8 Å². The molecule has 0 amide bonds. The van der Waals surface area contributed by atoms with Crippen LogP contribution in [0.4, 0.5) is 17.1 Å². The summed E-state index contributed by atoms with van der Waals surface area (Å²) in [6.45, 7) is 13.1. The summed E-state index contributed by atoms with van der Waals surface area (Å²) in [7, 11) is 0. The number of aromatic nitrogens is 6. The SMILES string of the molecule is CCn1nc(-c2ccc(C)cc2)c(C(C)=O)c(N=c2cccc3n(O)cccc2-3)c1=O.CCn1nc(-c2ccc(C)cc2)c(C(C)=O)c(Nc2cnccc2C)c1=O. The van der Waals surface area contributed by atoms with Gasteiger partial charge in [-0.15, -0.1) is 0 Å². The van der Waals surface area contributed by atoms with Gasteiger partial charge in [0.25, 0.3) is 11.1 Å². The van der Waals surface area contributed by atoms with Gasteiger partial charge in [-0.2, -0.15) is 14.9 Å². The van der Waals surface area contributed by atoms with E-state index in [2.05, 4.69) is 25.5 Å². The van der Waals surface area contributed by atoms with E-state index in [1.165, 1.54) is 29.4 Å². The van der Waals surface area contributed by atoms with Crippen molar-refractivity contribution >= 4 is 28.6 Å². The molecule has 0 fully saturated rings. The normalized spacial score (nSPS) is 11.3. The number of nitrogens with one attached hydrogen (secondary N) is 1. The highest BCUT2D eigenvalue weighted by molar-refractivity contribution is 6.05. The molecule has 2 N–H and O–H groups in total. The number of hydrogen-bond acceptors (Lipinski definition) is 10. The summed E-state index contributed by atoms with van der Waals surface area (Å²) in [6.07, 6.45) is 4.83. The Morgan fingerprint density at radius 2 is 1.29 bits per heavy atom. The van der Waals surface area contributed by atoms with E-state index in [0.717, 1.165) is 32.5 Å². The third kappa shape index (κ3) is 8.28. The molecule has 0 spiro atoms. The maximum absolute atomic E-state index is 13.2. The van der Waals surface area contributed by atoms with Gasteiger partial charge in [-0.3, -0.25) is 24.2 Å². The maximum Gasteiger partial charge on any atom is 0.293 e. The molecular weight excluding hydrogens is 733 g/mol. The molecule has 13 nitrogen and oxygen atoms in total. The smallest absolute Gasteiger partial charge is 0.293 e. The lowest BCUT2D eigenvalue weighted by Crippen LogP contribution is -2.28. The second-order valence-corrected chi connectivity index (χ2v) is 13.7. The number of pyridine rings is 2. The first-order chi connectivity index (χ1) is 27.8. The van der Waals surface area contributed by atoms with Gasteiger partial charge in [-0.05, 0) is 84.4 Å². The number of Topliss-reactive ketones (excluding diaryl/α,β-unsaturated/α-hetero) is 2. The minimum Gasteiger partial charge on any atom is -0.428 e. The number of carbonyl (C=O) groups is 2. The first-order valence-electron chi connectivity index (χ1n) is 18.8. The molecule has 1 aliphatic heterocycles. The lowest BCUT2D eigenvalue weighted by atomic mass is 10.0. The van der Waals surface area contributed by atoms with Crippen molar-refractivity contribution in [2.45, 2.75) is 61.6 Å². The Labute approximate surface area is 334 Å². The number of hydrogen-bond donors (Lipinski definition) is 2. The molecule has 294 valence electrons. The van der Waals surface area contributed by atoms with E-state index in [4.69, 9.17) is 0 Å². The number of fused-ring (bicyclic) bond motifs is 1. The van der Waals surface area contributed by atoms with E-state index in [-0.39, 0.29) is 39.6 Å². The Hall–Kier alpha value is -7.28. The largest absolute Gasteiger partial charge is 0.428 e. The highest BCUT2D eigenvalue weighted by atomic mass is 16.5. The Kier molecular flexibility index (Phi) is 12.0. The molecule has 3 aromatic heterocycles. The lowest BCUT2D eigenvalue weighted by Gasteiger charge is -2.17. The molecule has 58 heavy (non-hydrogen) atoms. The zero-order chi connectivity index (χ0) is 41.7. The summed E-state index contributed by atoms with van der Waals surface area (Å²) in [5, 5.41) is 22.6. The van der Waals surface area contributed by atoms with Gasteiger partial charge >= 0.3 is 0 Å². The van der Waals surface area contributed by atoms with Crippen LogP contribution in [0.25, 0.3) is 33.8 Å². The van der Waals surface area contributed by atoms with Crippen LogP contribution >= 0.6 is 0 Å². The van der Waals surface area contributed by atoms with Gasteiger partial charge in [0.2, 0.25) is 0 Å². The summed E-state index contributed by atoms with van der Waals surface area (Å²) < 4.78 is 3.68. The minimum atomic E-state index is -0.437. The van der Waals surface area contributed by atoms with Gasteiger partial charge in [0, 0.05) is 42.2 Å². The predicted octanol–water partition coefficient (Wildman–Crippen LogP) is 7.71. The number of rotatable bonds is 9. The molecule has 13 heteroatoms. The summed E-state index contributed by atoms with van der Waals surface area (Å²) >= 11 is 0. The molecule has 4 heterocycles. The van der Waals surface area contributed by atoms with Gasteiger partial charge in [0.05, 0.1) is 34.1 Å². The Balaban J connectivity index is 0.000000198. The molecule has 2 aromatic carbocycles. The zero-order valence-corrected chi connectivity index (χ0v) is 33.4. The third-order valence-corrected chi connectivity index (χ3v) is 9.57. The van der Waals surface area contributed by atoms with Crippen molar-refractivity contribution in [1.82, 2.24) is 29.3 Å². The highest BCUT2D eigenvalue weighted by Gasteiger charge is 2.24. The van der Waals surface area contributed by atoms with Crippen LogP contribution in [0, 0.1) is 20.8 Å². The molecule has 0 radical (unpaired) electrons. The molecule has 0 saturated carbocycles. The second kappa shape index (κ2) is 17.2. The van der Waals surface area contributed by atoms with Crippen molar-refractivity contribution in [3.63, 3.8) is 0 Å². The fraction of sp³-hybridized carbons (Fsp3) is 0.200. The molecule has 2 aliphatic rings. The quantitative estimate of drug-likeness (QED) is 0.110. The standard InChI is InChI=1S/C24H22N4O3.C21H22N4O2/c1-4-27-24(30)23(25-19-8-5-9-20-18(19)7-6-14-28(20)31)21(16(3)29)22(26-27)17-12-10-15(2)11-13-17;1-5-25-21(27)20(23-17-12-22-11-10-14(17)3)18(15(4)26)19(24-25)16-8-6-13(2)7-9-16/h5-14,31H,4H2,1-3H3;6-12,23H,5H2,1-4H3. The van der Waals surface area contributed by atoms with E-state index in [1.54, 1.807) is 42.7 Å². The summed E-state index contributed by atoms with van der Waals surface area (Å²) in [5.74, 6) is -0.512. The van der Waals surface area contributed by atoms with E-state index in [1.807, 2.05) is 89.2 Å². The van der Waals surface area contributed by atoms with Crippen LogP contribution in [0.3, 0.4) is 0 Å². The molecule has 1 aliphatic carbocycles. The average Bonchev–Trinajstić information content (AvgIpc) is 3.21. The molecule has 0 unspecified atom stereocenters. The Morgan fingerprint density at radius 3 is 1.84 bits per heavy atom. The predicted molar refractivity (Wildman–Crippen MR) is 224 cm³/mol. The molecule has 0 atom stereocenters. The fourth-order valence-electron chi connectivity index (χ4n) is 6.44. The summed E-state index contributed by atoms with van der Waals surface area (Å²) in [6, 6.07) is 25.9. The highest BCUT2D eigenvalue weighted by Crippen LogP contribution is 2.30. The van der Waals surface area contributed by atoms with E-state index >= 15 is 0 Å². The second-order valence-electron chi connectivity index (χ2n) is 13.7. The van der Waals surface area contributed by atoms with E-state index in [0.29, 0.717) is 46.8 Å². The van der Waals surface area contributed by atoms with Crippen LogP contribution in [0.5, 0.6) is 0 Å². The number of anilines is 2. The fourth-order valence-corrected chi connectivity index (χ4v) is 6.44.